The zero-order chi connectivity index (χ0) is 16.8. The summed E-state index contributed by atoms with van der Waals surface area (Å²) < 4.78 is 13.1. The first kappa shape index (κ1) is 17.1. The Morgan fingerprint density at radius 2 is 2.46 bits per heavy atom. The molecule has 1 N–H and O–H groups in total. The van der Waals surface area contributed by atoms with Crippen LogP contribution in [0.3, 0.4) is 0 Å². The summed E-state index contributed by atoms with van der Waals surface area (Å²) in [5.41, 5.74) is 0. The van der Waals surface area contributed by atoms with E-state index in [0.29, 0.717) is 19.0 Å². The zero-order valence-electron chi connectivity index (χ0n) is 13.8. The van der Waals surface area contributed by atoms with E-state index in [9.17, 15) is 4.79 Å². The van der Waals surface area contributed by atoms with E-state index in [1.807, 2.05) is 17.5 Å². The quantitative estimate of drug-likeness (QED) is 0.835. The molecule has 2 unspecified atom stereocenters. The Balaban J connectivity index is 1.49. The van der Waals surface area contributed by atoms with Crippen LogP contribution >= 0.6 is 11.3 Å². The average molecular weight is 349 g/mol. The summed E-state index contributed by atoms with van der Waals surface area (Å²) in [7, 11) is 0. The van der Waals surface area contributed by atoms with Crippen LogP contribution in [-0.4, -0.2) is 41.1 Å². The van der Waals surface area contributed by atoms with Crippen LogP contribution in [0.1, 0.15) is 31.1 Å². The molecule has 2 atom stereocenters. The van der Waals surface area contributed by atoms with Gasteiger partial charge in [0.25, 0.3) is 5.91 Å². The number of thiophene rings is 1. The smallest absolute Gasteiger partial charge is 0.254 e. The molecule has 2 aromatic rings. The fourth-order valence-corrected chi connectivity index (χ4v) is 3.29. The Hall–Kier alpha value is -1.70. The lowest BCUT2D eigenvalue weighted by molar-refractivity contribution is -0.130. The molecule has 0 radical (unpaired) electrons. The second kappa shape index (κ2) is 8.41. The lowest BCUT2D eigenvalue weighted by atomic mass is 10.1. The van der Waals surface area contributed by atoms with Gasteiger partial charge < -0.3 is 14.8 Å². The van der Waals surface area contributed by atoms with Gasteiger partial charge in [0.15, 0.2) is 0 Å². The largest absolute Gasteiger partial charge is 0.376 e. The summed E-state index contributed by atoms with van der Waals surface area (Å²) >= 11 is 1.67. The minimum absolute atomic E-state index is 0.110. The van der Waals surface area contributed by atoms with Gasteiger partial charge in [-0.3, -0.25) is 4.79 Å². The van der Waals surface area contributed by atoms with Gasteiger partial charge in [0.1, 0.15) is 11.9 Å². The second-order valence-corrected chi connectivity index (χ2v) is 6.94. The number of aromatic nitrogens is 2. The fourth-order valence-electron chi connectivity index (χ4n) is 2.61. The molecular weight excluding hydrogens is 326 g/mol. The molecule has 3 rings (SSSR count). The number of carbonyl (C=O) groups is 1. The molecule has 3 heterocycles. The van der Waals surface area contributed by atoms with Gasteiger partial charge in [-0.1, -0.05) is 6.07 Å². The summed E-state index contributed by atoms with van der Waals surface area (Å²) in [5, 5.41) is 9.19. The Morgan fingerprint density at radius 1 is 1.54 bits per heavy atom. The van der Waals surface area contributed by atoms with Crippen LogP contribution in [-0.2, 0) is 20.8 Å². The van der Waals surface area contributed by atoms with Crippen molar-refractivity contribution in [1.82, 2.24) is 9.78 Å². The molecule has 24 heavy (non-hydrogen) atoms. The molecule has 1 aliphatic rings. The predicted octanol–water partition coefficient (Wildman–Crippen LogP) is 2.91. The van der Waals surface area contributed by atoms with E-state index in [1.165, 1.54) is 4.88 Å². The number of hydrogen-bond donors (Lipinski definition) is 1. The van der Waals surface area contributed by atoms with Crippen molar-refractivity contribution < 1.29 is 14.3 Å². The van der Waals surface area contributed by atoms with Crippen LogP contribution in [0.4, 0.5) is 5.82 Å². The van der Waals surface area contributed by atoms with Crippen molar-refractivity contribution >= 4 is 23.1 Å². The second-order valence-electron chi connectivity index (χ2n) is 5.91. The van der Waals surface area contributed by atoms with E-state index in [1.54, 1.807) is 35.2 Å². The lowest BCUT2D eigenvalue weighted by Crippen LogP contribution is -2.33. The molecule has 7 heteroatoms. The van der Waals surface area contributed by atoms with Crippen molar-refractivity contribution in [3.05, 3.63) is 34.7 Å². The van der Waals surface area contributed by atoms with E-state index >= 15 is 0 Å². The van der Waals surface area contributed by atoms with Crippen LogP contribution in [0.15, 0.2) is 29.8 Å². The highest BCUT2D eigenvalue weighted by Gasteiger charge is 2.20. The van der Waals surface area contributed by atoms with Crippen molar-refractivity contribution in [3.63, 3.8) is 0 Å². The third kappa shape index (κ3) is 4.66. The highest BCUT2D eigenvalue weighted by atomic mass is 32.1. The third-order valence-corrected chi connectivity index (χ3v) is 4.89. The number of nitrogens with one attached hydrogen (secondary N) is 1. The van der Waals surface area contributed by atoms with Crippen molar-refractivity contribution in [2.24, 2.45) is 0 Å². The molecule has 2 aromatic heterocycles. The average Bonchev–Trinajstić information content (AvgIpc) is 3.26. The molecule has 0 bridgehead atoms. The molecule has 0 aromatic carbocycles. The first-order valence-corrected chi connectivity index (χ1v) is 9.18. The molecular formula is C17H23N3O3S. The highest BCUT2D eigenvalue weighted by molar-refractivity contribution is 7.09. The number of nitrogens with zero attached hydrogens (tertiary/aromatic N) is 2. The maximum Gasteiger partial charge on any atom is 0.254 e. The number of hydrogen-bond acceptors (Lipinski definition) is 5. The van der Waals surface area contributed by atoms with E-state index in [2.05, 4.69) is 10.4 Å². The van der Waals surface area contributed by atoms with Gasteiger partial charge in [-0.2, -0.15) is 5.10 Å². The summed E-state index contributed by atoms with van der Waals surface area (Å²) in [6.07, 6.45) is 4.54. The van der Waals surface area contributed by atoms with Crippen molar-refractivity contribution in [3.8, 4) is 0 Å². The molecule has 1 aliphatic heterocycles. The van der Waals surface area contributed by atoms with Gasteiger partial charge >= 0.3 is 0 Å². The van der Waals surface area contributed by atoms with Crippen molar-refractivity contribution in [2.45, 2.75) is 44.9 Å². The third-order valence-electron chi connectivity index (χ3n) is 4.03. The van der Waals surface area contributed by atoms with Gasteiger partial charge in [-0.05, 0) is 37.6 Å². The summed E-state index contributed by atoms with van der Waals surface area (Å²) in [4.78, 5) is 13.5. The van der Waals surface area contributed by atoms with E-state index in [-0.39, 0.29) is 12.0 Å². The first-order chi connectivity index (χ1) is 11.7. The zero-order valence-corrected chi connectivity index (χ0v) is 14.6. The minimum atomic E-state index is -0.527. The topological polar surface area (TPSA) is 65.4 Å². The molecule has 1 fully saturated rings. The number of carbonyl (C=O) groups excluding carboxylic acids is 1. The van der Waals surface area contributed by atoms with Gasteiger partial charge in [-0.15, -0.1) is 11.3 Å². The van der Waals surface area contributed by atoms with Crippen LogP contribution in [0.25, 0.3) is 0 Å². The standard InChI is InChI=1S/C17H23N3O3S/c1-13(23-12-14-5-2-3-9-22-14)17(21)19-16-7-8-18-20(16)11-15-6-4-10-24-15/h4,6-8,10,13-14H,2-3,5,9,11-12H2,1H3,(H,19,21). The lowest BCUT2D eigenvalue weighted by Gasteiger charge is -2.23. The fraction of sp³-hybridized carbons (Fsp3) is 0.529. The molecule has 0 aliphatic carbocycles. The number of ether oxygens (including phenoxy) is 2. The van der Waals surface area contributed by atoms with Crippen molar-refractivity contribution in [1.29, 1.82) is 0 Å². The van der Waals surface area contributed by atoms with E-state index < -0.39 is 6.10 Å². The molecule has 6 nitrogen and oxygen atoms in total. The monoisotopic (exact) mass is 349 g/mol. The Kier molecular flexibility index (Phi) is 6.01. The molecule has 1 amide bonds. The predicted molar refractivity (Wildman–Crippen MR) is 93.3 cm³/mol. The normalized spacial score (nSPS) is 19.1. The summed E-state index contributed by atoms with van der Waals surface area (Å²) in [6, 6.07) is 5.85. The van der Waals surface area contributed by atoms with Crippen LogP contribution in [0.5, 0.6) is 0 Å². The Bertz CT molecular complexity index is 635. The van der Waals surface area contributed by atoms with Gasteiger partial charge in [0.05, 0.1) is 25.5 Å². The van der Waals surface area contributed by atoms with E-state index in [4.69, 9.17) is 9.47 Å². The number of rotatable bonds is 7. The van der Waals surface area contributed by atoms with Crippen LogP contribution < -0.4 is 5.32 Å². The number of anilines is 1. The van der Waals surface area contributed by atoms with E-state index in [0.717, 1.165) is 25.9 Å². The minimum Gasteiger partial charge on any atom is -0.376 e. The summed E-state index contributed by atoms with van der Waals surface area (Å²) in [5.74, 6) is 0.511. The van der Waals surface area contributed by atoms with Crippen LogP contribution in [0, 0.1) is 0 Å². The first-order valence-electron chi connectivity index (χ1n) is 8.30. The molecule has 0 saturated carbocycles. The number of amides is 1. The molecule has 130 valence electrons. The SMILES string of the molecule is CC(OCC1CCCCO1)C(=O)Nc1ccnn1Cc1cccs1. The van der Waals surface area contributed by atoms with Crippen molar-refractivity contribution in [2.75, 3.05) is 18.5 Å². The molecule has 1 saturated heterocycles. The Labute approximate surface area is 145 Å². The maximum absolute atomic E-state index is 12.3. The highest BCUT2D eigenvalue weighted by Crippen LogP contribution is 2.16. The maximum atomic E-state index is 12.3. The van der Waals surface area contributed by atoms with Crippen LogP contribution in [0.2, 0.25) is 0 Å². The van der Waals surface area contributed by atoms with Gasteiger partial charge in [-0.25, -0.2) is 4.68 Å². The Morgan fingerprint density at radius 3 is 3.21 bits per heavy atom. The van der Waals surface area contributed by atoms with Gasteiger partial charge in [0, 0.05) is 17.6 Å². The van der Waals surface area contributed by atoms with Gasteiger partial charge in [0.2, 0.25) is 0 Å². The molecule has 0 spiro atoms. The summed E-state index contributed by atoms with van der Waals surface area (Å²) in [6.45, 7) is 3.66.